The molecule has 3 aliphatic heterocycles. The molecule has 2 N–H and O–H groups in total. The van der Waals surface area contributed by atoms with Crippen LogP contribution in [0.1, 0.15) is 41.9 Å². The zero-order valence-electron chi connectivity index (χ0n) is 25.3. The van der Waals surface area contributed by atoms with Gasteiger partial charge in [0.15, 0.2) is 11.2 Å². The third-order valence-electron chi connectivity index (χ3n) is 9.30. The molecule has 236 valence electrons. The monoisotopic (exact) mass is 621 g/mol. The molecule has 1 aromatic heterocycles. The van der Waals surface area contributed by atoms with Crippen LogP contribution in [-0.2, 0) is 32.3 Å². The van der Waals surface area contributed by atoms with Crippen molar-refractivity contribution in [1.29, 1.82) is 0 Å². The lowest BCUT2D eigenvalue weighted by Crippen LogP contribution is -2.57. The molecule has 1 spiro atoms. The summed E-state index contributed by atoms with van der Waals surface area (Å²) < 4.78 is 18.1. The smallest absolute Gasteiger partial charge is 0.288 e. The van der Waals surface area contributed by atoms with E-state index in [1.165, 1.54) is 6.26 Å². The van der Waals surface area contributed by atoms with Gasteiger partial charge >= 0.3 is 0 Å². The number of benzene rings is 3. The molecule has 2 amide bonds. The van der Waals surface area contributed by atoms with Gasteiger partial charge in [-0.3, -0.25) is 14.4 Å². The van der Waals surface area contributed by atoms with Crippen LogP contribution in [0.4, 0.5) is 5.69 Å². The van der Waals surface area contributed by atoms with Gasteiger partial charge in [0.2, 0.25) is 12.2 Å². The Kier molecular flexibility index (Phi) is 8.06. The van der Waals surface area contributed by atoms with Crippen LogP contribution in [0.2, 0.25) is 0 Å². The first kappa shape index (κ1) is 29.8. The number of anilines is 1. The molecule has 3 aliphatic rings. The van der Waals surface area contributed by atoms with Crippen molar-refractivity contribution in [2.24, 2.45) is 0 Å². The lowest BCUT2D eigenvalue weighted by Gasteiger charge is -2.43. The highest BCUT2D eigenvalue weighted by Gasteiger charge is 2.51. The molecule has 0 aliphatic carbocycles. The first-order valence-corrected chi connectivity index (χ1v) is 15.5. The number of para-hydroxylation sites is 2. The molecule has 4 heterocycles. The number of carbonyl (C=O) groups excluding carboxylic acids is 2. The molecule has 0 bridgehead atoms. The van der Waals surface area contributed by atoms with Crippen LogP contribution in [0.15, 0.2) is 106 Å². The number of likely N-dealkylation sites (tertiary alicyclic amines) is 1. The van der Waals surface area contributed by atoms with Gasteiger partial charge in [-0.25, -0.2) is 0 Å². The SMILES string of the molecule is O=C(C1=CC(c2coc3ccccc3c2=O)CC(OCc2ccc(CO)cc2)O1)N1CCC2(CC1)C(=O)NCN2c1ccccc1. The fourth-order valence-corrected chi connectivity index (χ4v) is 6.67. The van der Waals surface area contributed by atoms with Crippen LogP contribution in [0, 0.1) is 0 Å². The number of nitrogens with zero attached hydrogens (tertiary/aromatic N) is 2. The van der Waals surface area contributed by atoms with Gasteiger partial charge < -0.3 is 34.1 Å². The van der Waals surface area contributed by atoms with E-state index < -0.39 is 17.7 Å². The summed E-state index contributed by atoms with van der Waals surface area (Å²) in [5.41, 5.74) is 2.65. The van der Waals surface area contributed by atoms with Crippen molar-refractivity contribution >= 4 is 28.5 Å². The molecular weight excluding hydrogens is 586 g/mol. The molecule has 2 unspecified atom stereocenters. The largest absolute Gasteiger partial charge is 0.464 e. The normalized spacial score (nSPS) is 20.8. The van der Waals surface area contributed by atoms with E-state index in [0.717, 1.165) is 16.8 Å². The summed E-state index contributed by atoms with van der Waals surface area (Å²) in [7, 11) is 0. The Bertz CT molecular complexity index is 1830. The predicted molar refractivity (Wildman–Crippen MR) is 170 cm³/mol. The molecule has 4 aromatic rings. The number of fused-ring (bicyclic) bond motifs is 1. The quantitative estimate of drug-likeness (QED) is 0.316. The van der Waals surface area contributed by atoms with E-state index in [-0.39, 0.29) is 36.2 Å². The number of hydrogen-bond acceptors (Lipinski definition) is 8. The van der Waals surface area contributed by atoms with Gasteiger partial charge in [-0.1, -0.05) is 54.6 Å². The lowest BCUT2D eigenvalue weighted by molar-refractivity contribution is -0.157. The Hall–Kier alpha value is -4.93. The molecule has 2 fully saturated rings. The molecule has 10 nitrogen and oxygen atoms in total. The molecule has 3 aromatic carbocycles. The molecule has 2 saturated heterocycles. The van der Waals surface area contributed by atoms with Crippen LogP contribution in [0.25, 0.3) is 11.0 Å². The van der Waals surface area contributed by atoms with Crippen molar-refractivity contribution in [1.82, 2.24) is 10.2 Å². The Balaban J connectivity index is 1.13. The summed E-state index contributed by atoms with van der Waals surface area (Å²) in [4.78, 5) is 44.5. The summed E-state index contributed by atoms with van der Waals surface area (Å²) in [5.74, 6) is -0.715. The van der Waals surface area contributed by atoms with Crippen LogP contribution in [-0.4, -0.2) is 53.4 Å². The molecule has 0 radical (unpaired) electrons. The number of amides is 2. The highest BCUT2D eigenvalue weighted by atomic mass is 16.7. The Morgan fingerprint density at radius 1 is 0.957 bits per heavy atom. The average molecular weight is 622 g/mol. The first-order chi connectivity index (χ1) is 22.4. The van der Waals surface area contributed by atoms with Gasteiger partial charge in [0.25, 0.3) is 5.91 Å². The Labute approximate surface area is 265 Å². The number of aliphatic hydroxyl groups is 1. The number of carbonyl (C=O) groups is 2. The first-order valence-electron chi connectivity index (χ1n) is 15.5. The summed E-state index contributed by atoms with van der Waals surface area (Å²) >= 11 is 0. The number of ether oxygens (including phenoxy) is 2. The minimum Gasteiger partial charge on any atom is -0.464 e. The second kappa shape index (κ2) is 12.5. The van der Waals surface area contributed by atoms with E-state index in [0.29, 0.717) is 55.6 Å². The molecule has 46 heavy (non-hydrogen) atoms. The van der Waals surface area contributed by atoms with Gasteiger partial charge in [-0.15, -0.1) is 0 Å². The number of aliphatic hydroxyl groups excluding tert-OH is 1. The standard InChI is InChI=1S/C36H35N3O7/c40-20-24-10-12-25(13-11-24)21-45-32-19-26(29-22-44-30-9-5-4-8-28(30)33(29)41)18-31(46-32)34(42)38-16-14-36(15-17-38)35(43)37-23-39(36)27-6-2-1-3-7-27/h1-13,18,22,26,32,40H,14-17,19-21,23H2,(H,37,43). The van der Waals surface area contributed by atoms with Crippen molar-refractivity contribution in [3.05, 3.63) is 124 Å². The maximum Gasteiger partial charge on any atom is 0.288 e. The Morgan fingerprint density at radius 3 is 2.43 bits per heavy atom. The van der Waals surface area contributed by atoms with Crippen LogP contribution < -0.4 is 15.6 Å². The zero-order valence-corrected chi connectivity index (χ0v) is 25.3. The highest BCUT2D eigenvalue weighted by Crippen LogP contribution is 2.38. The third-order valence-corrected chi connectivity index (χ3v) is 9.30. The van der Waals surface area contributed by atoms with E-state index in [2.05, 4.69) is 10.2 Å². The fourth-order valence-electron chi connectivity index (χ4n) is 6.67. The lowest BCUT2D eigenvalue weighted by atomic mass is 9.85. The minimum atomic E-state index is -0.803. The van der Waals surface area contributed by atoms with Crippen molar-refractivity contribution in [3.8, 4) is 0 Å². The van der Waals surface area contributed by atoms with E-state index >= 15 is 0 Å². The van der Waals surface area contributed by atoms with E-state index in [9.17, 15) is 19.5 Å². The van der Waals surface area contributed by atoms with Gasteiger partial charge in [-0.05, 0) is 54.3 Å². The number of piperidine rings is 1. The number of allylic oxidation sites excluding steroid dienone is 1. The van der Waals surface area contributed by atoms with E-state index in [1.54, 1.807) is 29.2 Å². The fraction of sp³-hybridized carbons (Fsp3) is 0.306. The van der Waals surface area contributed by atoms with Crippen molar-refractivity contribution in [2.75, 3.05) is 24.7 Å². The highest BCUT2D eigenvalue weighted by molar-refractivity contribution is 5.95. The summed E-state index contributed by atoms with van der Waals surface area (Å²) in [6.07, 6.45) is 3.60. The van der Waals surface area contributed by atoms with Gasteiger partial charge in [0.05, 0.1) is 31.5 Å². The van der Waals surface area contributed by atoms with Crippen molar-refractivity contribution < 1.29 is 28.6 Å². The molecular formula is C36H35N3O7. The van der Waals surface area contributed by atoms with Gasteiger partial charge in [-0.2, -0.15) is 0 Å². The summed E-state index contributed by atoms with van der Waals surface area (Å²) in [5, 5.41) is 12.8. The van der Waals surface area contributed by atoms with Crippen molar-refractivity contribution in [3.63, 3.8) is 0 Å². The Morgan fingerprint density at radius 2 is 1.67 bits per heavy atom. The predicted octanol–water partition coefficient (Wildman–Crippen LogP) is 4.17. The number of hydrogen-bond donors (Lipinski definition) is 2. The second-order valence-electron chi connectivity index (χ2n) is 12.0. The molecule has 7 rings (SSSR count). The van der Waals surface area contributed by atoms with Crippen LogP contribution in [0.5, 0.6) is 0 Å². The van der Waals surface area contributed by atoms with Gasteiger partial charge in [0, 0.05) is 36.7 Å². The number of nitrogens with one attached hydrogen (secondary N) is 1. The molecule has 0 saturated carbocycles. The third kappa shape index (κ3) is 5.54. The maximum atomic E-state index is 14.0. The minimum absolute atomic E-state index is 0.0276. The molecule has 10 heteroatoms. The van der Waals surface area contributed by atoms with Crippen molar-refractivity contribution in [2.45, 2.75) is 50.2 Å². The number of rotatable bonds is 7. The molecule has 2 atom stereocenters. The summed E-state index contributed by atoms with van der Waals surface area (Å²) in [6, 6.07) is 24.3. The maximum absolute atomic E-state index is 14.0. The van der Waals surface area contributed by atoms with Crippen LogP contribution >= 0.6 is 0 Å². The van der Waals surface area contributed by atoms with Gasteiger partial charge in [0.1, 0.15) is 11.1 Å². The topological polar surface area (TPSA) is 122 Å². The second-order valence-corrected chi connectivity index (χ2v) is 12.0. The average Bonchev–Trinajstić information content (AvgIpc) is 3.42. The van der Waals surface area contributed by atoms with E-state index in [4.69, 9.17) is 13.9 Å². The zero-order chi connectivity index (χ0) is 31.7. The summed E-state index contributed by atoms with van der Waals surface area (Å²) in [6.45, 7) is 1.31. The van der Waals surface area contributed by atoms with E-state index in [1.807, 2.05) is 60.7 Å². The van der Waals surface area contributed by atoms with Crippen LogP contribution in [0.3, 0.4) is 0 Å².